The second-order valence-electron chi connectivity index (χ2n) is 5.89. The molecule has 1 aliphatic heterocycles. The summed E-state index contributed by atoms with van der Waals surface area (Å²) in [6, 6.07) is 7.27. The number of carbonyl (C=O) groups excluding carboxylic acids is 2. The van der Waals surface area contributed by atoms with Crippen molar-refractivity contribution >= 4 is 11.8 Å². The third-order valence-electron chi connectivity index (χ3n) is 4.21. The molecule has 1 aromatic rings. The quantitative estimate of drug-likeness (QED) is 0.909. The standard InChI is InChI=1S/C16H23N3O2/c1-11(2)19-9-8-14(10-19)18(3)16(21)13-6-4-12(5-7-13)15(17)20/h4-7,11,14H,8-10H2,1-3H3,(H2,17,20)/t14-/m1/s1. The highest BCUT2D eigenvalue weighted by atomic mass is 16.2. The van der Waals surface area contributed by atoms with Crippen LogP contribution in [0.4, 0.5) is 0 Å². The van der Waals surface area contributed by atoms with E-state index in [1.54, 1.807) is 24.3 Å². The second-order valence-corrected chi connectivity index (χ2v) is 5.89. The summed E-state index contributed by atoms with van der Waals surface area (Å²) in [6.07, 6.45) is 1.000. The topological polar surface area (TPSA) is 66.6 Å². The zero-order chi connectivity index (χ0) is 15.6. The van der Waals surface area contributed by atoms with Crippen LogP contribution in [0.5, 0.6) is 0 Å². The lowest BCUT2D eigenvalue weighted by atomic mass is 10.1. The van der Waals surface area contributed by atoms with Crippen molar-refractivity contribution in [1.29, 1.82) is 0 Å². The van der Waals surface area contributed by atoms with E-state index in [9.17, 15) is 9.59 Å². The van der Waals surface area contributed by atoms with Crippen molar-refractivity contribution < 1.29 is 9.59 Å². The Labute approximate surface area is 125 Å². The molecule has 1 aliphatic rings. The van der Waals surface area contributed by atoms with Gasteiger partial charge in [0.2, 0.25) is 5.91 Å². The minimum atomic E-state index is -0.481. The van der Waals surface area contributed by atoms with Gasteiger partial charge in [-0.2, -0.15) is 0 Å². The molecule has 5 heteroatoms. The molecule has 0 aromatic heterocycles. The van der Waals surface area contributed by atoms with Crippen LogP contribution in [0.2, 0.25) is 0 Å². The molecule has 5 nitrogen and oxygen atoms in total. The number of rotatable bonds is 4. The van der Waals surface area contributed by atoms with Crippen molar-refractivity contribution in [1.82, 2.24) is 9.80 Å². The van der Waals surface area contributed by atoms with Gasteiger partial charge in [0, 0.05) is 43.3 Å². The number of hydrogen-bond donors (Lipinski definition) is 1. The third kappa shape index (κ3) is 3.42. The fourth-order valence-electron chi connectivity index (χ4n) is 2.70. The Hall–Kier alpha value is -1.88. The minimum Gasteiger partial charge on any atom is -0.366 e. The molecule has 1 saturated heterocycles. The molecule has 0 bridgehead atoms. The van der Waals surface area contributed by atoms with Crippen molar-refractivity contribution in [2.45, 2.75) is 32.4 Å². The van der Waals surface area contributed by atoms with Crippen LogP contribution in [0.3, 0.4) is 0 Å². The Bertz CT molecular complexity index is 525. The maximum absolute atomic E-state index is 12.5. The van der Waals surface area contributed by atoms with Gasteiger partial charge in [-0.05, 0) is 44.5 Å². The molecule has 114 valence electrons. The zero-order valence-electron chi connectivity index (χ0n) is 12.9. The molecule has 1 aromatic carbocycles. The molecule has 0 radical (unpaired) electrons. The number of nitrogens with zero attached hydrogens (tertiary/aromatic N) is 2. The monoisotopic (exact) mass is 289 g/mol. The Morgan fingerprint density at radius 1 is 1.24 bits per heavy atom. The summed E-state index contributed by atoms with van der Waals surface area (Å²) >= 11 is 0. The largest absolute Gasteiger partial charge is 0.366 e. The Morgan fingerprint density at radius 2 is 1.81 bits per heavy atom. The van der Waals surface area contributed by atoms with Gasteiger partial charge in [0.25, 0.3) is 5.91 Å². The lowest BCUT2D eigenvalue weighted by molar-refractivity contribution is 0.0731. The van der Waals surface area contributed by atoms with Crippen LogP contribution in [-0.2, 0) is 0 Å². The molecule has 2 amide bonds. The molecule has 0 unspecified atom stereocenters. The molecule has 0 saturated carbocycles. The van der Waals surface area contributed by atoms with Gasteiger partial charge in [-0.1, -0.05) is 0 Å². The van der Waals surface area contributed by atoms with Gasteiger partial charge in [-0.25, -0.2) is 0 Å². The van der Waals surface area contributed by atoms with Crippen LogP contribution < -0.4 is 5.73 Å². The molecule has 0 aliphatic carbocycles. The molecule has 2 N–H and O–H groups in total. The highest BCUT2D eigenvalue weighted by Gasteiger charge is 2.29. The van der Waals surface area contributed by atoms with E-state index in [0.29, 0.717) is 17.2 Å². The smallest absolute Gasteiger partial charge is 0.253 e. The van der Waals surface area contributed by atoms with E-state index >= 15 is 0 Å². The first-order chi connectivity index (χ1) is 9.90. The van der Waals surface area contributed by atoms with Crippen molar-refractivity contribution in [3.63, 3.8) is 0 Å². The molecule has 2 rings (SSSR count). The van der Waals surface area contributed by atoms with E-state index in [1.807, 2.05) is 11.9 Å². The van der Waals surface area contributed by atoms with Crippen LogP contribution in [0.1, 0.15) is 41.0 Å². The van der Waals surface area contributed by atoms with Crippen LogP contribution in [0.15, 0.2) is 24.3 Å². The summed E-state index contributed by atoms with van der Waals surface area (Å²) in [7, 11) is 1.85. The van der Waals surface area contributed by atoms with Gasteiger partial charge in [-0.15, -0.1) is 0 Å². The lowest BCUT2D eigenvalue weighted by Gasteiger charge is -2.26. The number of carbonyl (C=O) groups is 2. The summed E-state index contributed by atoms with van der Waals surface area (Å²) in [6.45, 7) is 6.29. The normalized spacial score (nSPS) is 19.0. The first kappa shape index (κ1) is 15.5. The SMILES string of the molecule is CC(C)N1CC[C@@H](N(C)C(=O)c2ccc(C(N)=O)cc2)C1. The summed E-state index contributed by atoms with van der Waals surface area (Å²) in [4.78, 5) is 27.7. The number of hydrogen-bond acceptors (Lipinski definition) is 3. The van der Waals surface area contributed by atoms with E-state index in [-0.39, 0.29) is 11.9 Å². The van der Waals surface area contributed by atoms with Gasteiger partial charge in [-0.3, -0.25) is 14.5 Å². The number of likely N-dealkylation sites (N-methyl/N-ethyl adjacent to an activating group) is 1. The van der Waals surface area contributed by atoms with Gasteiger partial charge in [0.15, 0.2) is 0 Å². The fourth-order valence-corrected chi connectivity index (χ4v) is 2.70. The summed E-state index contributed by atoms with van der Waals surface area (Å²) in [5, 5.41) is 0. The Kier molecular flexibility index (Phi) is 4.63. The summed E-state index contributed by atoms with van der Waals surface area (Å²) < 4.78 is 0. The second kappa shape index (κ2) is 6.26. The predicted molar refractivity (Wildman–Crippen MR) is 82.2 cm³/mol. The first-order valence-electron chi connectivity index (χ1n) is 7.31. The summed E-state index contributed by atoms with van der Waals surface area (Å²) in [5.41, 5.74) is 6.21. The molecule has 1 atom stereocenters. The molecule has 21 heavy (non-hydrogen) atoms. The molecule has 0 spiro atoms. The van der Waals surface area contributed by atoms with E-state index < -0.39 is 5.91 Å². The van der Waals surface area contributed by atoms with E-state index in [4.69, 9.17) is 5.73 Å². The van der Waals surface area contributed by atoms with Crippen LogP contribution in [0, 0.1) is 0 Å². The van der Waals surface area contributed by atoms with Crippen molar-refractivity contribution in [2.24, 2.45) is 5.73 Å². The molecule has 1 heterocycles. The maximum atomic E-state index is 12.5. The highest BCUT2D eigenvalue weighted by Crippen LogP contribution is 2.18. The fraction of sp³-hybridized carbons (Fsp3) is 0.500. The van der Waals surface area contributed by atoms with E-state index in [1.165, 1.54) is 0 Å². The van der Waals surface area contributed by atoms with Gasteiger partial charge in [0.1, 0.15) is 0 Å². The molecular formula is C16H23N3O2. The minimum absolute atomic E-state index is 0.0124. The third-order valence-corrected chi connectivity index (χ3v) is 4.21. The average Bonchev–Trinajstić information content (AvgIpc) is 2.96. The maximum Gasteiger partial charge on any atom is 0.253 e. The zero-order valence-corrected chi connectivity index (χ0v) is 12.9. The van der Waals surface area contributed by atoms with Crippen LogP contribution >= 0.6 is 0 Å². The van der Waals surface area contributed by atoms with Crippen molar-refractivity contribution in [2.75, 3.05) is 20.1 Å². The van der Waals surface area contributed by atoms with Crippen LogP contribution in [0.25, 0.3) is 0 Å². The highest BCUT2D eigenvalue weighted by molar-refractivity contribution is 5.97. The molecular weight excluding hydrogens is 266 g/mol. The predicted octanol–water partition coefficient (Wildman–Crippen LogP) is 1.34. The number of nitrogens with two attached hydrogens (primary N) is 1. The lowest BCUT2D eigenvalue weighted by Crippen LogP contribution is -2.40. The van der Waals surface area contributed by atoms with E-state index in [2.05, 4.69) is 18.7 Å². The van der Waals surface area contributed by atoms with Gasteiger partial charge < -0.3 is 10.6 Å². The number of benzene rings is 1. The first-order valence-corrected chi connectivity index (χ1v) is 7.31. The average molecular weight is 289 g/mol. The number of amides is 2. The Balaban J connectivity index is 2.04. The van der Waals surface area contributed by atoms with Gasteiger partial charge in [0.05, 0.1) is 0 Å². The number of primary amides is 1. The van der Waals surface area contributed by atoms with Crippen molar-refractivity contribution in [3.05, 3.63) is 35.4 Å². The van der Waals surface area contributed by atoms with Crippen molar-refractivity contribution in [3.8, 4) is 0 Å². The number of likely N-dealkylation sites (tertiary alicyclic amines) is 1. The van der Waals surface area contributed by atoms with E-state index in [0.717, 1.165) is 19.5 Å². The van der Waals surface area contributed by atoms with Crippen LogP contribution in [-0.4, -0.2) is 53.8 Å². The van der Waals surface area contributed by atoms with Gasteiger partial charge >= 0.3 is 0 Å². The Morgan fingerprint density at radius 3 is 2.29 bits per heavy atom. The molecule has 1 fully saturated rings. The summed E-state index contributed by atoms with van der Waals surface area (Å²) in [5.74, 6) is -0.493.